The SMILES string of the molecule is COc1ccc(CNC(=O)CN2C(=O)C3C(C2=O)[C@H]2C=C[C@@H]3C2)cc1. The fraction of sp³-hybridized carbons (Fsp3) is 0.421. The molecule has 4 rings (SSSR count). The van der Waals surface area contributed by atoms with Crippen LogP contribution in [0.2, 0.25) is 0 Å². The molecule has 130 valence electrons. The van der Waals surface area contributed by atoms with Gasteiger partial charge in [0.15, 0.2) is 0 Å². The van der Waals surface area contributed by atoms with Gasteiger partial charge >= 0.3 is 0 Å². The fourth-order valence-corrected chi connectivity index (χ4v) is 4.26. The van der Waals surface area contributed by atoms with Gasteiger partial charge in [-0.25, -0.2) is 0 Å². The Bertz CT molecular complexity index is 725. The van der Waals surface area contributed by atoms with Gasteiger partial charge in [-0.2, -0.15) is 0 Å². The van der Waals surface area contributed by atoms with Crippen LogP contribution in [-0.4, -0.2) is 36.3 Å². The maximum absolute atomic E-state index is 12.5. The second-order valence-electron chi connectivity index (χ2n) is 6.89. The average molecular weight is 340 g/mol. The first-order valence-corrected chi connectivity index (χ1v) is 8.51. The lowest BCUT2D eigenvalue weighted by Gasteiger charge is -2.16. The van der Waals surface area contributed by atoms with Crippen LogP contribution in [0, 0.1) is 23.7 Å². The molecule has 2 bridgehead atoms. The zero-order chi connectivity index (χ0) is 17.6. The lowest BCUT2D eigenvalue weighted by Crippen LogP contribution is -2.41. The molecule has 1 aromatic carbocycles. The molecule has 2 fully saturated rings. The monoisotopic (exact) mass is 340 g/mol. The Balaban J connectivity index is 1.35. The quantitative estimate of drug-likeness (QED) is 0.644. The highest BCUT2D eigenvalue weighted by atomic mass is 16.5. The van der Waals surface area contributed by atoms with Gasteiger partial charge in [0.1, 0.15) is 12.3 Å². The van der Waals surface area contributed by atoms with Gasteiger partial charge in [0, 0.05) is 6.54 Å². The van der Waals surface area contributed by atoms with Crippen LogP contribution < -0.4 is 10.1 Å². The topological polar surface area (TPSA) is 75.7 Å². The van der Waals surface area contributed by atoms with Crippen molar-refractivity contribution in [1.29, 1.82) is 0 Å². The molecule has 3 amide bonds. The lowest BCUT2D eigenvalue weighted by molar-refractivity contribution is -0.144. The molecule has 0 radical (unpaired) electrons. The molecule has 4 atom stereocenters. The van der Waals surface area contributed by atoms with Crippen LogP contribution in [0.5, 0.6) is 5.75 Å². The second kappa shape index (κ2) is 6.02. The Labute approximate surface area is 145 Å². The summed E-state index contributed by atoms with van der Waals surface area (Å²) >= 11 is 0. The number of nitrogens with zero attached hydrogens (tertiary/aromatic N) is 1. The number of ether oxygens (including phenoxy) is 1. The molecular weight excluding hydrogens is 320 g/mol. The third-order valence-corrected chi connectivity index (χ3v) is 5.51. The third kappa shape index (κ3) is 2.62. The number of benzene rings is 1. The van der Waals surface area contributed by atoms with Gasteiger partial charge in [-0.3, -0.25) is 19.3 Å². The van der Waals surface area contributed by atoms with Crippen LogP contribution >= 0.6 is 0 Å². The summed E-state index contributed by atoms with van der Waals surface area (Å²) in [5.74, 6) is -0.125. The van der Waals surface area contributed by atoms with Gasteiger partial charge in [-0.05, 0) is 36.0 Å². The second-order valence-corrected chi connectivity index (χ2v) is 6.89. The molecule has 6 nitrogen and oxygen atoms in total. The fourth-order valence-electron chi connectivity index (χ4n) is 4.26. The van der Waals surface area contributed by atoms with Crippen molar-refractivity contribution in [3.8, 4) is 5.75 Å². The van der Waals surface area contributed by atoms with E-state index in [0.717, 1.165) is 22.6 Å². The molecule has 6 heteroatoms. The summed E-state index contributed by atoms with van der Waals surface area (Å²) in [5.41, 5.74) is 0.923. The summed E-state index contributed by atoms with van der Waals surface area (Å²) in [7, 11) is 1.60. The first kappa shape index (κ1) is 15.9. The number of amides is 3. The van der Waals surface area contributed by atoms with E-state index in [-0.39, 0.29) is 47.9 Å². The average Bonchev–Trinajstić information content (AvgIpc) is 3.30. The Morgan fingerprint density at radius 3 is 2.28 bits per heavy atom. The summed E-state index contributed by atoms with van der Waals surface area (Å²) < 4.78 is 5.09. The number of imide groups is 1. The minimum Gasteiger partial charge on any atom is -0.497 e. The number of fused-ring (bicyclic) bond motifs is 5. The van der Waals surface area contributed by atoms with E-state index in [1.165, 1.54) is 0 Å². The maximum Gasteiger partial charge on any atom is 0.240 e. The summed E-state index contributed by atoms with van der Waals surface area (Å²) in [6, 6.07) is 7.36. The number of nitrogens with one attached hydrogen (secondary N) is 1. The van der Waals surface area contributed by atoms with Gasteiger partial charge in [0.25, 0.3) is 0 Å². The Hall–Kier alpha value is -2.63. The maximum atomic E-state index is 12.5. The zero-order valence-corrected chi connectivity index (χ0v) is 14.0. The molecule has 1 saturated carbocycles. The summed E-state index contributed by atoms with van der Waals surface area (Å²) in [6.07, 6.45) is 4.98. The van der Waals surface area contributed by atoms with Crippen molar-refractivity contribution in [3.63, 3.8) is 0 Å². The number of methoxy groups -OCH3 is 1. The van der Waals surface area contributed by atoms with Crippen molar-refractivity contribution in [2.24, 2.45) is 23.7 Å². The number of hydrogen-bond donors (Lipinski definition) is 1. The summed E-state index contributed by atoms with van der Waals surface area (Å²) in [6.45, 7) is 0.152. The predicted molar refractivity (Wildman–Crippen MR) is 89.3 cm³/mol. The highest BCUT2D eigenvalue weighted by Gasteiger charge is 2.59. The highest BCUT2D eigenvalue weighted by Crippen LogP contribution is 2.52. The van der Waals surface area contributed by atoms with Crippen LogP contribution in [0.15, 0.2) is 36.4 Å². The first-order valence-electron chi connectivity index (χ1n) is 8.51. The third-order valence-electron chi connectivity index (χ3n) is 5.51. The lowest BCUT2D eigenvalue weighted by atomic mass is 9.85. The number of hydrogen-bond acceptors (Lipinski definition) is 4. The van der Waals surface area contributed by atoms with Gasteiger partial charge < -0.3 is 10.1 Å². The molecule has 2 aliphatic carbocycles. The minimum atomic E-state index is -0.321. The van der Waals surface area contributed by atoms with Crippen LogP contribution in [0.25, 0.3) is 0 Å². The predicted octanol–water partition coefficient (Wildman–Crippen LogP) is 1.12. The molecule has 1 heterocycles. The van der Waals surface area contributed by atoms with Gasteiger partial charge in [-0.15, -0.1) is 0 Å². The molecule has 3 aliphatic rings. The molecule has 0 spiro atoms. The number of carbonyl (C=O) groups excluding carboxylic acids is 3. The number of carbonyl (C=O) groups is 3. The van der Waals surface area contributed by atoms with Crippen molar-refractivity contribution < 1.29 is 19.1 Å². The van der Waals surface area contributed by atoms with Crippen LogP contribution in [0.3, 0.4) is 0 Å². The number of rotatable bonds is 5. The minimum absolute atomic E-state index is 0.166. The van der Waals surface area contributed by atoms with E-state index in [9.17, 15) is 14.4 Å². The molecular formula is C19H20N2O4. The molecule has 1 N–H and O–H groups in total. The van der Waals surface area contributed by atoms with E-state index in [2.05, 4.69) is 5.32 Å². The zero-order valence-electron chi connectivity index (χ0n) is 14.0. The standard InChI is InChI=1S/C19H20N2O4/c1-25-14-6-2-11(3-7-14)9-20-15(22)10-21-18(23)16-12-4-5-13(8-12)17(16)19(21)24/h2-7,12-13,16-17H,8-10H2,1H3,(H,20,22)/t12-,13+,16?,17?. The van der Waals surface area contributed by atoms with Crippen molar-refractivity contribution in [1.82, 2.24) is 10.2 Å². The van der Waals surface area contributed by atoms with Crippen molar-refractivity contribution in [2.45, 2.75) is 13.0 Å². The first-order chi connectivity index (χ1) is 12.1. The summed E-state index contributed by atoms with van der Waals surface area (Å²) in [4.78, 5) is 38.4. The van der Waals surface area contributed by atoms with Gasteiger partial charge in [0.05, 0.1) is 18.9 Å². The Morgan fingerprint density at radius 2 is 1.72 bits per heavy atom. The van der Waals surface area contributed by atoms with E-state index in [1.54, 1.807) is 7.11 Å². The largest absolute Gasteiger partial charge is 0.497 e. The van der Waals surface area contributed by atoms with Crippen LogP contribution in [-0.2, 0) is 20.9 Å². The van der Waals surface area contributed by atoms with Crippen LogP contribution in [0.4, 0.5) is 0 Å². The van der Waals surface area contributed by atoms with E-state index < -0.39 is 0 Å². The van der Waals surface area contributed by atoms with Crippen molar-refractivity contribution in [2.75, 3.05) is 13.7 Å². The molecule has 0 aromatic heterocycles. The van der Waals surface area contributed by atoms with Gasteiger partial charge in [-0.1, -0.05) is 24.3 Å². The van der Waals surface area contributed by atoms with Crippen molar-refractivity contribution >= 4 is 17.7 Å². The van der Waals surface area contributed by atoms with E-state index in [4.69, 9.17) is 4.74 Å². The van der Waals surface area contributed by atoms with E-state index in [0.29, 0.717) is 6.54 Å². The van der Waals surface area contributed by atoms with Crippen LogP contribution in [0.1, 0.15) is 12.0 Å². The van der Waals surface area contributed by atoms with Gasteiger partial charge in [0.2, 0.25) is 17.7 Å². The smallest absolute Gasteiger partial charge is 0.240 e. The normalized spacial score (nSPS) is 29.2. The van der Waals surface area contributed by atoms with E-state index >= 15 is 0 Å². The number of likely N-dealkylation sites (tertiary alicyclic amines) is 1. The Morgan fingerprint density at radius 1 is 1.12 bits per heavy atom. The highest BCUT2D eigenvalue weighted by molar-refractivity contribution is 6.08. The molecule has 25 heavy (non-hydrogen) atoms. The molecule has 2 unspecified atom stereocenters. The summed E-state index contributed by atoms with van der Waals surface area (Å²) in [5, 5.41) is 2.77. The molecule has 1 saturated heterocycles. The van der Waals surface area contributed by atoms with E-state index in [1.807, 2.05) is 36.4 Å². The molecule has 1 aliphatic heterocycles. The number of allylic oxidation sites excluding steroid dienone is 2. The van der Waals surface area contributed by atoms with Crippen molar-refractivity contribution in [3.05, 3.63) is 42.0 Å². The molecule has 1 aromatic rings. The Kier molecular flexibility index (Phi) is 3.82.